The number of ether oxygens (including phenoxy) is 1. The van der Waals surface area contributed by atoms with Crippen LogP contribution >= 0.6 is 0 Å². The van der Waals surface area contributed by atoms with Crippen molar-refractivity contribution in [2.45, 2.75) is 77.9 Å². The summed E-state index contributed by atoms with van der Waals surface area (Å²) in [4.78, 5) is 0. The number of anilines is 1. The van der Waals surface area contributed by atoms with E-state index in [2.05, 4.69) is 4.72 Å². The first-order valence-electron chi connectivity index (χ1n) is 8.92. The monoisotopic (exact) mass is 383 g/mol. The van der Waals surface area contributed by atoms with Crippen molar-refractivity contribution in [1.82, 2.24) is 0 Å². The molecular weight excluding hydrogens is 353 g/mol. The summed E-state index contributed by atoms with van der Waals surface area (Å²) in [5.41, 5.74) is 0.179. The molecular formula is C18H30BNO5S. The van der Waals surface area contributed by atoms with Crippen LogP contribution in [0.25, 0.3) is 0 Å². The first kappa shape index (κ1) is 21.1. The summed E-state index contributed by atoms with van der Waals surface area (Å²) >= 11 is 0. The highest BCUT2D eigenvalue weighted by Crippen LogP contribution is 2.37. The van der Waals surface area contributed by atoms with Gasteiger partial charge in [-0.15, -0.1) is 0 Å². The normalized spacial score (nSPS) is 19.2. The first-order chi connectivity index (χ1) is 11.7. The molecule has 6 nitrogen and oxygen atoms in total. The topological polar surface area (TPSA) is 73.9 Å². The molecule has 0 atom stereocenters. The molecule has 1 heterocycles. The lowest BCUT2D eigenvalue weighted by molar-refractivity contribution is 0.00578. The van der Waals surface area contributed by atoms with Crippen molar-refractivity contribution in [2.75, 3.05) is 4.72 Å². The highest BCUT2D eigenvalue weighted by molar-refractivity contribution is 7.93. The molecule has 0 spiro atoms. The van der Waals surface area contributed by atoms with Crippen molar-refractivity contribution in [2.24, 2.45) is 0 Å². The summed E-state index contributed by atoms with van der Waals surface area (Å²) in [5, 5.41) is -0.544. The first-order valence-corrected chi connectivity index (χ1v) is 10.5. The van der Waals surface area contributed by atoms with Crippen LogP contribution in [0, 0.1) is 0 Å². The van der Waals surface area contributed by atoms with Crippen molar-refractivity contribution in [3.05, 3.63) is 18.2 Å². The maximum atomic E-state index is 12.3. The zero-order valence-corrected chi connectivity index (χ0v) is 17.7. The lowest BCUT2D eigenvalue weighted by Crippen LogP contribution is -2.41. The molecule has 1 aliphatic rings. The molecule has 1 saturated heterocycles. The van der Waals surface area contributed by atoms with Gasteiger partial charge in [0.15, 0.2) is 0 Å². The van der Waals surface area contributed by atoms with Crippen LogP contribution in [0.4, 0.5) is 5.69 Å². The van der Waals surface area contributed by atoms with Gasteiger partial charge in [-0.2, -0.15) is 0 Å². The minimum Gasteiger partial charge on any atom is -0.491 e. The van der Waals surface area contributed by atoms with Crippen LogP contribution in [0.3, 0.4) is 0 Å². The van der Waals surface area contributed by atoms with E-state index >= 15 is 0 Å². The fourth-order valence-electron chi connectivity index (χ4n) is 2.42. The average molecular weight is 383 g/mol. The number of hydrogen-bond acceptors (Lipinski definition) is 5. The maximum Gasteiger partial charge on any atom is 0.495 e. The third kappa shape index (κ3) is 4.53. The summed E-state index contributed by atoms with van der Waals surface area (Å²) in [5.74, 6) is 0.564. The average Bonchev–Trinajstić information content (AvgIpc) is 2.65. The van der Waals surface area contributed by atoms with Gasteiger partial charge >= 0.3 is 7.12 Å². The minimum atomic E-state index is -3.47. The van der Waals surface area contributed by atoms with E-state index in [1.54, 1.807) is 26.0 Å². The van der Waals surface area contributed by atoms with E-state index in [-0.39, 0.29) is 6.10 Å². The van der Waals surface area contributed by atoms with Crippen molar-refractivity contribution < 1.29 is 22.5 Å². The van der Waals surface area contributed by atoms with E-state index in [9.17, 15) is 8.42 Å². The van der Waals surface area contributed by atoms with Gasteiger partial charge in [-0.1, -0.05) is 0 Å². The number of rotatable bonds is 6. The minimum absolute atomic E-state index is 0.0434. The van der Waals surface area contributed by atoms with E-state index in [4.69, 9.17) is 14.0 Å². The molecule has 0 bridgehead atoms. The van der Waals surface area contributed by atoms with Gasteiger partial charge in [0.05, 0.1) is 28.2 Å². The molecule has 26 heavy (non-hydrogen) atoms. The maximum absolute atomic E-state index is 12.3. The van der Waals surface area contributed by atoms with Gasteiger partial charge in [0.25, 0.3) is 0 Å². The molecule has 1 N–H and O–H groups in total. The SMILES string of the molecule is CC(C)Oc1cc(NS(=O)(=O)C(C)C)cc(B2OC(C)(C)C(C)(C)O2)c1. The zero-order chi connectivity index (χ0) is 19.9. The Morgan fingerprint density at radius 3 is 2.00 bits per heavy atom. The molecule has 0 radical (unpaired) electrons. The molecule has 8 heteroatoms. The van der Waals surface area contributed by atoms with E-state index in [1.807, 2.05) is 47.6 Å². The lowest BCUT2D eigenvalue weighted by atomic mass is 9.79. The summed E-state index contributed by atoms with van der Waals surface area (Å²) in [6.45, 7) is 15.0. The summed E-state index contributed by atoms with van der Waals surface area (Å²) < 4.78 is 45.1. The Morgan fingerprint density at radius 1 is 1.00 bits per heavy atom. The third-order valence-corrected chi connectivity index (χ3v) is 6.47. The van der Waals surface area contributed by atoms with E-state index in [1.165, 1.54) is 0 Å². The van der Waals surface area contributed by atoms with Gasteiger partial charge in [0.1, 0.15) is 5.75 Å². The van der Waals surface area contributed by atoms with Crippen LogP contribution < -0.4 is 14.9 Å². The van der Waals surface area contributed by atoms with Crippen molar-refractivity contribution >= 4 is 28.3 Å². The molecule has 0 unspecified atom stereocenters. The molecule has 146 valence electrons. The molecule has 2 rings (SSSR count). The molecule has 0 amide bonds. The second kappa shape index (κ2) is 7.05. The Bertz CT molecular complexity index is 743. The Hall–Kier alpha value is -1.25. The summed E-state index contributed by atoms with van der Waals surface area (Å²) in [6, 6.07) is 5.24. The van der Waals surface area contributed by atoms with Gasteiger partial charge in [0.2, 0.25) is 10.0 Å². The van der Waals surface area contributed by atoms with Crippen molar-refractivity contribution in [1.29, 1.82) is 0 Å². The Balaban J connectivity index is 2.42. The number of hydrogen-bond donors (Lipinski definition) is 1. The summed E-state index contributed by atoms with van der Waals surface area (Å²) in [7, 11) is -4.07. The predicted octanol–water partition coefficient (Wildman–Crippen LogP) is 2.92. The molecule has 0 aromatic heterocycles. The quantitative estimate of drug-likeness (QED) is 0.765. The highest BCUT2D eigenvalue weighted by Gasteiger charge is 2.51. The van der Waals surface area contributed by atoms with E-state index < -0.39 is 33.6 Å². The fraction of sp³-hybridized carbons (Fsp3) is 0.667. The molecule has 1 aliphatic heterocycles. The second-order valence-corrected chi connectivity index (χ2v) is 10.5. The van der Waals surface area contributed by atoms with Crippen LogP contribution in [0.5, 0.6) is 5.75 Å². The molecule has 1 aromatic carbocycles. The Morgan fingerprint density at radius 2 is 1.54 bits per heavy atom. The van der Waals surface area contributed by atoms with E-state index in [0.717, 1.165) is 0 Å². The molecule has 0 saturated carbocycles. The predicted molar refractivity (Wildman–Crippen MR) is 106 cm³/mol. The van der Waals surface area contributed by atoms with E-state index in [0.29, 0.717) is 16.9 Å². The van der Waals surface area contributed by atoms with Gasteiger partial charge in [-0.05, 0) is 73.0 Å². The van der Waals surface area contributed by atoms with Crippen LogP contribution in [-0.2, 0) is 19.3 Å². The zero-order valence-electron chi connectivity index (χ0n) is 16.9. The Labute approximate surface area is 157 Å². The van der Waals surface area contributed by atoms with Gasteiger partial charge in [0, 0.05) is 6.07 Å². The standard InChI is InChI=1S/C18H30BNO5S/c1-12(2)23-16-10-14(19-24-17(5,6)18(7,8)25-19)9-15(11-16)20-26(21,22)13(3)4/h9-13,20H,1-8H3. The molecule has 0 aliphatic carbocycles. The second-order valence-electron chi connectivity index (χ2n) is 8.24. The van der Waals surface area contributed by atoms with Crippen LogP contribution in [0.15, 0.2) is 18.2 Å². The third-order valence-electron chi connectivity index (χ3n) is 4.71. The lowest BCUT2D eigenvalue weighted by Gasteiger charge is -2.32. The summed E-state index contributed by atoms with van der Waals surface area (Å²) in [6.07, 6.45) is -0.0434. The van der Waals surface area contributed by atoms with Crippen LogP contribution in [-0.4, -0.2) is 38.1 Å². The van der Waals surface area contributed by atoms with Crippen molar-refractivity contribution in [3.63, 3.8) is 0 Å². The van der Waals surface area contributed by atoms with Crippen molar-refractivity contribution in [3.8, 4) is 5.75 Å². The number of benzene rings is 1. The fourth-order valence-corrected chi connectivity index (χ4v) is 3.10. The molecule has 1 fully saturated rings. The van der Waals surface area contributed by atoms with Gasteiger partial charge < -0.3 is 14.0 Å². The van der Waals surface area contributed by atoms with Gasteiger partial charge in [-0.25, -0.2) is 8.42 Å². The van der Waals surface area contributed by atoms with Gasteiger partial charge in [-0.3, -0.25) is 4.72 Å². The largest absolute Gasteiger partial charge is 0.495 e. The van der Waals surface area contributed by atoms with Crippen LogP contribution in [0.1, 0.15) is 55.4 Å². The van der Waals surface area contributed by atoms with Crippen LogP contribution in [0.2, 0.25) is 0 Å². The smallest absolute Gasteiger partial charge is 0.491 e. The molecule has 1 aromatic rings. The number of sulfonamides is 1. The highest BCUT2D eigenvalue weighted by atomic mass is 32.2. The Kier molecular flexibility index (Phi) is 5.71. The number of nitrogens with one attached hydrogen (secondary N) is 1.